The molecule has 3 amide bonds. The van der Waals surface area contributed by atoms with Gasteiger partial charge in [-0.1, -0.05) is 54.2 Å². The zero-order valence-corrected chi connectivity index (χ0v) is 17.0. The summed E-state index contributed by atoms with van der Waals surface area (Å²) in [4.78, 5) is 42.2. The van der Waals surface area contributed by atoms with E-state index in [1.807, 2.05) is 43.3 Å². The number of fused-ring (bicyclic) bond motifs is 1. The van der Waals surface area contributed by atoms with Gasteiger partial charge in [-0.05, 0) is 31.5 Å². The Hall–Kier alpha value is -3.13. The first kappa shape index (κ1) is 20.6. The molecule has 1 atom stereocenters. The van der Waals surface area contributed by atoms with Crippen molar-refractivity contribution in [2.75, 3.05) is 6.54 Å². The number of nitrogens with one attached hydrogen (secondary N) is 2. The van der Waals surface area contributed by atoms with Gasteiger partial charge in [0.2, 0.25) is 5.91 Å². The lowest BCUT2D eigenvalue weighted by Crippen LogP contribution is -2.41. The number of carbonyl (C=O) groups excluding carboxylic acids is 2. The Morgan fingerprint density at radius 1 is 1.07 bits per heavy atom. The Kier molecular flexibility index (Phi) is 6.66. The minimum Gasteiger partial charge on any atom is -0.338 e. The summed E-state index contributed by atoms with van der Waals surface area (Å²) in [6.07, 6.45) is 0. The van der Waals surface area contributed by atoms with Crippen molar-refractivity contribution in [1.82, 2.24) is 20.2 Å². The van der Waals surface area contributed by atoms with Gasteiger partial charge in [-0.2, -0.15) is 0 Å². The SMILES string of the molecule is CCNC(=O)NC(=O)[C@H](Sc1nc2ccccc2c(=O)n1CC)c1ccccc1. The van der Waals surface area contributed by atoms with Crippen LogP contribution in [-0.4, -0.2) is 28.0 Å². The maximum Gasteiger partial charge on any atom is 0.321 e. The summed E-state index contributed by atoms with van der Waals surface area (Å²) in [6, 6.07) is 15.7. The molecule has 0 radical (unpaired) electrons. The van der Waals surface area contributed by atoms with Gasteiger partial charge in [-0.25, -0.2) is 9.78 Å². The molecule has 0 aliphatic rings. The molecule has 3 rings (SSSR count). The first-order valence-corrected chi connectivity index (χ1v) is 10.2. The molecular weight excluding hydrogens is 388 g/mol. The van der Waals surface area contributed by atoms with Crippen LogP contribution < -0.4 is 16.2 Å². The second kappa shape index (κ2) is 9.38. The van der Waals surface area contributed by atoms with Gasteiger partial charge in [0.15, 0.2) is 5.16 Å². The molecule has 150 valence electrons. The molecule has 29 heavy (non-hydrogen) atoms. The van der Waals surface area contributed by atoms with E-state index in [9.17, 15) is 14.4 Å². The summed E-state index contributed by atoms with van der Waals surface area (Å²) in [7, 11) is 0. The Morgan fingerprint density at radius 2 is 1.76 bits per heavy atom. The van der Waals surface area contributed by atoms with Crippen LogP contribution >= 0.6 is 11.8 Å². The molecule has 7 nitrogen and oxygen atoms in total. The van der Waals surface area contributed by atoms with E-state index in [2.05, 4.69) is 15.6 Å². The predicted octanol–water partition coefficient (Wildman–Crippen LogP) is 3.10. The quantitative estimate of drug-likeness (QED) is 0.481. The van der Waals surface area contributed by atoms with Crippen molar-refractivity contribution >= 4 is 34.6 Å². The van der Waals surface area contributed by atoms with Crippen LogP contribution in [0.1, 0.15) is 24.7 Å². The maximum atomic E-state index is 12.9. The summed E-state index contributed by atoms with van der Waals surface area (Å²) in [5.41, 5.74) is 1.13. The zero-order chi connectivity index (χ0) is 20.8. The topological polar surface area (TPSA) is 93.1 Å². The molecule has 0 bridgehead atoms. The normalized spacial score (nSPS) is 11.8. The van der Waals surface area contributed by atoms with E-state index < -0.39 is 17.2 Å². The summed E-state index contributed by atoms with van der Waals surface area (Å²) in [6.45, 7) is 4.45. The average Bonchev–Trinajstić information content (AvgIpc) is 2.73. The van der Waals surface area contributed by atoms with E-state index in [0.717, 1.165) is 11.8 Å². The summed E-state index contributed by atoms with van der Waals surface area (Å²) in [5.74, 6) is -0.475. The number of imide groups is 1. The number of thioether (sulfide) groups is 1. The molecule has 0 spiro atoms. The van der Waals surface area contributed by atoms with Crippen molar-refractivity contribution in [2.45, 2.75) is 30.8 Å². The third-order valence-corrected chi connectivity index (χ3v) is 5.53. The monoisotopic (exact) mass is 410 g/mol. The molecule has 0 unspecified atom stereocenters. The number of para-hydroxylation sites is 1. The van der Waals surface area contributed by atoms with Crippen molar-refractivity contribution in [3.8, 4) is 0 Å². The number of nitrogens with zero attached hydrogens (tertiary/aromatic N) is 2. The first-order valence-electron chi connectivity index (χ1n) is 9.35. The first-order chi connectivity index (χ1) is 14.0. The van der Waals surface area contributed by atoms with Gasteiger partial charge in [-0.3, -0.25) is 19.5 Å². The Morgan fingerprint density at radius 3 is 2.45 bits per heavy atom. The molecule has 2 N–H and O–H groups in total. The number of urea groups is 1. The van der Waals surface area contributed by atoms with Gasteiger partial charge >= 0.3 is 6.03 Å². The third kappa shape index (κ3) is 4.65. The van der Waals surface area contributed by atoms with Gasteiger partial charge in [0.25, 0.3) is 5.56 Å². The summed E-state index contributed by atoms with van der Waals surface area (Å²) >= 11 is 1.15. The number of amides is 3. The standard InChI is InChI=1S/C21H22N4O3S/c1-3-22-20(28)24-18(26)17(14-10-6-5-7-11-14)29-21-23-16-13-9-8-12-15(16)19(27)25(21)4-2/h5-13,17H,3-4H2,1-2H3,(H2,22,24,26,28)/t17-/m1/s1. The smallest absolute Gasteiger partial charge is 0.321 e. The van der Waals surface area contributed by atoms with E-state index in [0.29, 0.717) is 34.7 Å². The van der Waals surface area contributed by atoms with Crippen molar-refractivity contribution in [3.63, 3.8) is 0 Å². The minimum atomic E-state index is -0.746. The number of aromatic nitrogens is 2. The molecule has 0 aliphatic heterocycles. The minimum absolute atomic E-state index is 0.156. The molecule has 1 aromatic heterocycles. The predicted molar refractivity (Wildman–Crippen MR) is 114 cm³/mol. The van der Waals surface area contributed by atoms with Gasteiger partial charge in [-0.15, -0.1) is 0 Å². The molecular formula is C21H22N4O3S. The molecule has 3 aromatic rings. The van der Waals surface area contributed by atoms with Crippen molar-refractivity contribution < 1.29 is 9.59 Å². The molecule has 0 aliphatic carbocycles. The molecule has 0 saturated heterocycles. The Labute approximate surface area is 172 Å². The van der Waals surface area contributed by atoms with E-state index in [1.54, 1.807) is 29.7 Å². The highest BCUT2D eigenvalue weighted by atomic mass is 32.2. The molecule has 8 heteroatoms. The van der Waals surface area contributed by atoms with E-state index in [1.165, 1.54) is 0 Å². The average molecular weight is 410 g/mol. The lowest BCUT2D eigenvalue weighted by atomic mass is 10.1. The van der Waals surface area contributed by atoms with Gasteiger partial charge in [0.05, 0.1) is 10.9 Å². The Bertz CT molecular complexity index is 1080. The van der Waals surface area contributed by atoms with Crippen LogP contribution in [0.3, 0.4) is 0 Å². The lowest BCUT2D eigenvalue weighted by molar-refractivity contribution is -0.119. The molecule has 1 heterocycles. The van der Waals surface area contributed by atoms with E-state index in [-0.39, 0.29) is 5.56 Å². The maximum absolute atomic E-state index is 12.9. The van der Waals surface area contributed by atoms with Crippen molar-refractivity contribution in [2.24, 2.45) is 0 Å². The van der Waals surface area contributed by atoms with Crippen LogP contribution in [-0.2, 0) is 11.3 Å². The molecule has 0 fully saturated rings. The number of hydrogen-bond acceptors (Lipinski definition) is 5. The van der Waals surface area contributed by atoms with Crippen molar-refractivity contribution in [1.29, 1.82) is 0 Å². The molecule has 0 saturated carbocycles. The number of hydrogen-bond donors (Lipinski definition) is 2. The fourth-order valence-corrected chi connectivity index (χ4v) is 4.07. The summed E-state index contributed by atoms with van der Waals surface area (Å²) < 4.78 is 1.54. The van der Waals surface area contributed by atoms with Crippen molar-refractivity contribution in [3.05, 3.63) is 70.5 Å². The van der Waals surface area contributed by atoms with E-state index in [4.69, 9.17) is 0 Å². The van der Waals surface area contributed by atoms with Crippen LogP contribution in [0, 0.1) is 0 Å². The highest BCUT2D eigenvalue weighted by molar-refractivity contribution is 8.00. The highest BCUT2D eigenvalue weighted by Crippen LogP contribution is 2.34. The third-order valence-electron chi connectivity index (χ3n) is 4.28. The number of carbonyl (C=O) groups is 2. The number of benzene rings is 2. The second-order valence-electron chi connectivity index (χ2n) is 6.22. The van der Waals surface area contributed by atoms with E-state index >= 15 is 0 Å². The number of rotatable bonds is 6. The Balaban J connectivity index is 2.03. The van der Waals surface area contributed by atoms with Crippen LogP contribution in [0.4, 0.5) is 4.79 Å². The molecule has 2 aromatic carbocycles. The second-order valence-corrected chi connectivity index (χ2v) is 7.29. The van der Waals surface area contributed by atoms with Crippen LogP contribution in [0.25, 0.3) is 10.9 Å². The van der Waals surface area contributed by atoms with Crippen LogP contribution in [0.5, 0.6) is 0 Å². The zero-order valence-electron chi connectivity index (χ0n) is 16.2. The van der Waals surface area contributed by atoms with Gasteiger partial charge in [0.1, 0.15) is 5.25 Å². The fourth-order valence-electron chi connectivity index (χ4n) is 2.90. The highest BCUT2D eigenvalue weighted by Gasteiger charge is 2.26. The van der Waals surface area contributed by atoms with Gasteiger partial charge < -0.3 is 5.32 Å². The summed E-state index contributed by atoms with van der Waals surface area (Å²) in [5, 5.41) is 5.13. The largest absolute Gasteiger partial charge is 0.338 e. The van der Waals surface area contributed by atoms with Gasteiger partial charge in [0, 0.05) is 13.1 Å². The fraction of sp³-hybridized carbons (Fsp3) is 0.238. The van der Waals surface area contributed by atoms with Crippen LogP contribution in [0.15, 0.2) is 64.5 Å². The lowest BCUT2D eigenvalue weighted by Gasteiger charge is -2.18. The van der Waals surface area contributed by atoms with Crippen LogP contribution in [0.2, 0.25) is 0 Å².